The summed E-state index contributed by atoms with van der Waals surface area (Å²) in [5.41, 5.74) is 8.79. The van der Waals surface area contributed by atoms with Gasteiger partial charge in [0.2, 0.25) is 0 Å². The van der Waals surface area contributed by atoms with E-state index in [1.165, 1.54) is 44.1 Å². The number of rotatable bonds is 11. The monoisotopic (exact) mass is 369 g/mol. The van der Waals surface area contributed by atoms with E-state index >= 15 is 0 Å². The maximum Gasteiger partial charge on any atom is 0.469 e. The Balaban J connectivity index is 1.90. The third-order valence-electron chi connectivity index (χ3n) is 4.16. The van der Waals surface area contributed by atoms with Crippen LogP contribution in [-0.4, -0.2) is 26.4 Å². The summed E-state index contributed by atoms with van der Waals surface area (Å²) in [5.74, 6) is 0.458. The Hall–Kier alpha value is -1.24. The van der Waals surface area contributed by atoms with Crippen molar-refractivity contribution in [3.63, 3.8) is 0 Å². The molecule has 1 aromatic carbocycles. The summed E-state index contributed by atoms with van der Waals surface area (Å²) in [4.78, 5) is 25.0. The quantitative estimate of drug-likeness (QED) is 0.355. The van der Waals surface area contributed by atoms with E-state index in [0.29, 0.717) is 5.82 Å². The number of imidazole rings is 1. The van der Waals surface area contributed by atoms with Crippen LogP contribution in [0.5, 0.6) is 0 Å². The lowest BCUT2D eigenvalue weighted by Crippen LogP contribution is -2.17. The van der Waals surface area contributed by atoms with E-state index in [9.17, 15) is 4.57 Å². The van der Waals surface area contributed by atoms with Crippen molar-refractivity contribution in [1.29, 1.82) is 0 Å². The Labute approximate surface area is 148 Å². The zero-order valence-electron chi connectivity index (χ0n) is 14.6. The molecular formula is C17H28N3O4P. The molecule has 0 unspecified atom stereocenters. The van der Waals surface area contributed by atoms with Crippen LogP contribution < -0.4 is 5.73 Å². The summed E-state index contributed by atoms with van der Waals surface area (Å²) in [6.07, 6.45) is 8.63. The molecule has 8 heteroatoms. The van der Waals surface area contributed by atoms with Gasteiger partial charge in [-0.05, 0) is 30.5 Å². The highest BCUT2D eigenvalue weighted by Crippen LogP contribution is 2.36. The summed E-state index contributed by atoms with van der Waals surface area (Å²) in [5, 5.41) is 0. The van der Waals surface area contributed by atoms with Gasteiger partial charge >= 0.3 is 7.82 Å². The number of benzene rings is 1. The molecule has 0 aliphatic carbocycles. The topological polar surface area (TPSA) is 121 Å². The van der Waals surface area contributed by atoms with Crippen molar-refractivity contribution in [2.75, 3.05) is 6.61 Å². The number of phosphoric acid groups is 1. The predicted molar refractivity (Wildman–Crippen MR) is 98.1 cm³/mol. The van der Waals surface area contributed by atoms with Gasteiger partial charge in [-0.1, -0.05) is 45.1 Å². The standard InChI is InChI=1S/C17H28N3O4P/c1-2-3-4-5-6-7-8-13-9-10-15-16(11-13)20-17(19-15)14(18)12-24-25(21,22)23/h9-11,14H,2-8,12,18H2,1H3,(H,19,20)(H2,21,22,23)/t14-/m1/s1. The summed E-state index contributed by atoms with van der Waals surface area (Å²) in [7, 11) is -4.53. The van der Waals surface area contributed by atoms with Crippen molar-refractivity contribution in [2.24, 2.45) is 5.73 Å². The van der Waals surface area contributed by atoms with Crippen molar-refractivity contribution in [1.82, 2.24) is 9.97 Å². The zero-order valence-corrected chi connectivity index (χ0v) is 15.5. The number of fused-ring (bicyclic) bond motifs is 1. The summed E-state index contributed by atoms with van der Waals surface area (Å²) in [6, 6.07) is 5.35. The molecule has 2 rings (SSSR count). The molecule has 1 aromatic heterocycles. The van der Waals surface area contributed by atoms with Crippen LogP contribution in [0.25, 0.3) is 11.0 Å². The fourth-order valence-corrected chi connectivity index (χ4v) is 3.13. The fraction of sp³-hybridized carbons (Fsp3) is 0.588. The van der Waals surface area contributed by atoms with Gasteiger partial charge in [0, 0.05) is 0 Å². The number of nitrogens with one attached hydrogen (secondary N) is 1. The largest absolute Gasteiger partial charge is 0.469 e. The highest BCUT2D eigenvalue weighted by molar-refractivity contribution is 7.46. The highest BCUT2D eigenvalue weighted by atomic mass is 31.2. The van der Waals surface area contributed by atoms with Crippen LogP contribution in [0.1, 0.15) is 62.9 Å². The number of aryl methyl sites for hydroxylation is 1. The molecule has 0 spiro atoms. The van der Waals surface area contributed by atoms with E-state index in [0.717, 1.165) is 17.5 Å². The number of unbranched alkanes of at least 4 members (excludes halogenated alkanes) is 5. The van der Waals surface area contributed by atoms with E-state index in [1.807, 2.05) is 6.07 Å². The van der Waals surface area contributed by atoms with Crippen LogP contribution in [0.4, 0.5) is 0 Å². The lowest BCUT2D eigenvalue weighted by atomic mass is 10.0. The molecule has 1 heterocycles. The number of phosphoric ester groups is 1. The van der Waals surface area contributed by atoms with E-state index in [4.69, 9.17) is 15.5 Å². The molecular weight excluding hydrogens is 341 g/mol. The minimum Gasteiger partial charge on any atom is -0.341 e. The molecule has 1 atom stereocenters. The second kappa shape index (κ2) is 9.46. The second-order valence-electron chi connectivity index (χ2n) is 6.38. The van der Waals surface area contributed by atoms with Crippen LogP contribution >= 0.6 is 7.82 Å². The normalized spacial score (nSPS) is 13.4. The Morgan fingerprint density at radius 2 is 1.96 bits per heavy atom. The lowest BCUT2D eigenvalue weighted by molar-refractivity contribution is 0.185. The van der Waals surface area contributed by atoms with Crippen LogP contribution in [0.15, 0.2) is 18.2 Å². The summed E-state index contributed by atoms with van der Waals surface area (Å²) in [6.45, 7) is 1.92. The van der Waals surface area contributed by atoms with E-state index < -0.39 is 13.9 Å². The summed E-state index contributed by atoms with van der Waals surface area (Å²) >= 11 is 0. The second-order valence-corrected chi connectivity index (χ2v) is 7.62. The first-order chi connectivity index (χ1) is 11.9. The Bertz CT molecular complexity index is 713. The molecule has 25 heavy (non-hydrogen) atoms. The van der Waals surface area contributed by atoms with E-state index in [2.05, 4.69) is 33.5 Å². The first kappa shape index (κ1) is 20.1. The van der Waals surface area contributed by atoms with Crippen molar-refractivity contribution in [3.8, 4) is 0 Å². The number of hydrogen-bond donors (Lipinski definition) is 4. The Morgan fingerprint density at radius 3 is 2.68 bits per heavy atom. The molecule has 0 saturated carbocycles. The van der Waals surface area contributed by atoms with Crippen LogP contribution in [0.3, 0.4) is 0 Å². The number of hydrogen-bond acceptors (Lipinski definition) is 4. The highest BCUT2D eigenvalue weighted by Gasteiger charge is 2.19. The van der Waals surface area contributed by atoms with Gasteiger partial charge in [0.05, 0.1) is 23.7 Å². The molecule has 0 aliphatic heterocycles. The minimum absolute atomic E-state index is 0.297. The molecule has 0 fully saturated rings. The van der Waals surface area contributed by atoms with Crippen molar-refractivity contribution < 1.29 is 18.9 Å². The average molecular weight is 369 g/mol. The molecule has 7 nitrogen and oxygen atoms in total. The Kier molecular flexibility index (Phi) is 7.59. The van der Waals surface area contributed by atoms with E-state index in [-0.39, 0.29) is 6.61 Å². The maximum absolute atomic E-state index is 10.8. The number of aromatic amines is 1. The molecule has 2 aromatic rings. The molecule has 0 bridgehead atoms. The van der Waals surface area contributed by atoms with Crippen LogP contribution in [0.2, 0.25) is 0 Å². The van der Waals surface area contributed by atoms with Crippen molar-refractivity contribution in [2.45, 2.75) is 57.9 Å². The Morgan fingerprint density at radius 1 is 1.24 bits per heavy atom. The van der Waals surface area contributed by atoms with Gasteiger partial charge in [0.15, 0.2) is 0 Å². The smallest absolute Gasteiger partial charge is 0.341 e. The van der Waals surface area contributed by atoms with Gasteiger partial charge in [0.25, 0.3) is 0 Å². The lowest BCUT2D eigenvalue weighted by Gasteiger charge is -2.09. The van der Waals surface area contributed by atoms with Crippen LogP contribution in [0, 0.1) is 0 Å². The minimum atomic E-state index is -4.53. The molecule has 0 amide bonds. The fourth-order valence-electron chi connectivity index (χ4n) is 2.77. The van der Waals surface area contributed by atoms with Gasteiger partial charge in [-0.15, -0.1) is 0 Å². The van der Waals surface area contributed by atoms with E-state index in [1.54, 1.807) is 0 Å². The number of nitrogens with zero attached hydrogens (tertiary/aromatic N) is 1. The zero-order chi connectivity index (χ0) is 18.3. The molecule has 5 N–H and O–H groups in total. The molecule has 140 valence electrons. The number of aromatic nitrogens is 2. The van der Waals surface area contributed by atoms with Gasteiger partial charge in [-0.2, -0.15) is 0 Å². The van der Waals surface area contributed by atoms with Gasteiger partial charge in [-0.25, -0.2) is 9.55 Å². The molecule has 0 radical (unpaired) electrons. The molecule has 0 aliphatic rings. The van der Waals surface area contributed by atoms with Gasteiger partial charge in [-0.3, -0.25) is 4.52 Å². The first-order valence-electron chi connectivity index (χ1n) is 8.83. The third kappa shape index (κ3) is 6.88. The maximum atomic E-state index is 10.8. The first-order valence-corrected chi connectivity index (χ1v) is 10.4. The molecule has 0 saturated heterocycles. The SMILES string of the molecule is CCCCCCCCc1ccc2nc([C@H](N)COP(=O)(O)O)[nH]c2c1. The van der Waals surface area contributed by atoms with Crippen molar-refractivity contribution in [3.05, 3.63) is 29.6 Å². The number of nitrogens with two attached hydrogens (primary N) is 1. The number of H-pyrrole nitrogens is 1. The third-order valence-corrected chi connectivity index (χ3v) is 4.64. The van der Waals surface area contributed by atoms with Gasteiger partial charge < -0.3 is 20.5 Å². The predicted octanol–water partition coefficient (Wildman–Crippen LogP) is 3.58. The van der Waals surface area contributed by atoms with Crippen LogP contribution in [-0.2, 0) is 15.5 Å². The van der Waals surface area contributed by atoms with Crippen molar-refractivity contribution >= 4 is 18.9 Å². The van der Waals surface area contributed by atoms with Gasteiger partial charge in [0.1, 0.15) is 5.82 Å². The average Bonchev–Trinajstić information content (AvgIpc) is 2.98. The summed E-state index contributed by atoms with van der Waals surface area (Å²) < 4.78 is 15.2.